The molecule has 5 N–H and O–H groups in total. The summed E-state index contributed by atoms with van der Waals surface area (Å²) in [5, 5.41) is 28.2. The topological polar surface area (TPSA) is 114 Å². The van der Waals surface area contributed by atoms with Gasteiger partial charge in [-0.1, -0.05) is 71.1 Å². The lowest BCUT2D eigenvalue weighted by atomic mass is 9.82. The SMILES string of the molecule is CC(C)C[C@H](O)[C@H](O)[C@H](CC1CCCCC1)NC(=O)[C@H](C)CNC(=O)c1cc2ccccc2[nH]1. The van der Waals surface area contributed by atoms with Crippen molar-refractivity contribution in [3.8, 4) is 0 Å². The standard InChI is InChI=1S/C27H41N3O4/c1-17(2)13-24(31)25(32)22(14-19-9-5-4-6-10-19)30-26(33)18(3)16-28-27(34)23-15-20-11-7-8-12-21(20)29-23/h7-8,11-12,15,17-19,22,24-25,29,31-32H,4-6,9-10,13-14,16H2,1-3H3,(H,28,34)(H,30,33)/t18-,22+,24+,25-/m1/s1. The van der Waals surface area contributed by atoms with Crippen LogP contribution in [0.1, 0.15) is 76.2 Å². The zero-order valence-corrected chi connectivity index (χ0v) is 20.7. The summed E-state index contributed by atoms with van der Waals surface area (Å²) in [5.74, 6) is -0.279. The van der Waals surface area contributed by atoms with Gasteiger partial charge in [0.25, 0.3) is 5.91 Å². The van der Waals surface area contributed by atoms with Crippen molar-refractivity contribution in [3.05, 3.63) is 36.0 Å². The summed E-state index contributed by atoms with van der Waals surface area (Å²) in [4.78, 5) is 28.6. The van der Waals surface area contributed by atoms with E-state index in [0.717, 1.165) is 23.7 Å². The number of carbonyl (C=O) groups excluding carboxylic acids is 2. The van der Waals surface area contributed by atoms with Crippen molar-refractivity contribution in [2.24, 2.45) is 17.8 Å². The number of hydrogen-bond acceptors (Lipinski definition) is 4. The fraction of sp³-hybridized carbons (Fsp3) is 0.630. The highest BCUT2D eigenvalue weighted by molar-refractivity contribution is 5.98. The van der Waals surface area contributed by atoms with E-state index in [1.807, 2.05) is 38.1 Å². The normalized spacial score (nSPS) is 18.4. The van der Waals surface area contributed by atoms with Crippen LogP contribution in [0.4, 0.5) is 0 Å². The number of aromatic amines is 1. The van der Waals surface area contributed by atoms with Crippen molar-refractivity contribution in [2.45, 2.75) is 84.0 Å². The van der Waals surface area contributed by atoms with Gasteiger partial charge in [-0.15, -0.1) is 0 Å². The summed E-state index contributed by atoms with van der Waals surface area (Å²) >= 11 is 0. The highest BCUT2D eigenvalue weighted by Crippen LogP contribution is 2.29. The van der Waals surface area contributed by atoms with Crippen LogP contribution < -0.4 is 10.6 Å². The molecule has 0 spiro atoms. The number of benzene rings is 1. The second kappa shape index (κ2) is 12.4. The number of rotatable bonds is 11. The Labute approximate surface area is 202 Å². The van der Waals surface area contributed by atoms with Crippen LogP contribution in [-0.2, 0) is 4.79 Å². The second-order valence-electron chi connectivity index (χ2n) is 10.4. The van der Waals surface area contributed by atoms with Gasteiger partial charge in [0.2, 0.25) is 5.91 Å². The number of hydrogen-bond donors (Lipinski definition) is 5. The lowest BCUT2D eigenvalue weighted by Crippen LogP contribution is -2.52. The molecule has 0 unspecified atom stereocenters. The number of nitrogens with one attached hydrogen (secondary N) is 3. The molecule has 0 bridgehead atoms. The molecule has 1 aliphatic carbocycles. The molecule has 0 radical (unpaired) electrons. The molecule has 4 atom stereocenters. The third kappa shape index (κ3) is 7.31. The van der Waals surface area contributed by atoms with E-state index in [2.05, 4.69) is 15.6 Å². The Bertz CT molecular complexity index is 902. The molecule has 1 aliphatic rings. The summed E-state index contributed by atoms with van der Waals surface area (Å²) in [6.45, 7) is 5.95. The van der Waals surface area contributed by atoms with E-state index in [0.29, 0.717) is 24.5 Å². The molecular formula is C27H41N3O4. The van der Waals surface area contributed by atoms with Gasteiger partial charge in [-0.25, -0.2) is 0 Å². The van der Waals surface area contributed by atoms with Crippen molar-refractivity contribution in [3.63, 3.8) is 0 Å². The third-order valence-electron chi connectivity index (χ3n) is 6.95. The van der Waals surface area contributed by atoms with Gasteiger partial charge in [0.15, 0.2) is 0 Å². The molecule has 1 aromatic heterocycles. The molecule has 7 nitrogen and oxygen atoms in total. The fourth-order valence-corrected chi connectivity index (χ4v) is 4.91. The van der Waals surface area contributed by atoms with Crippen molar-refractivity contribution >= 4 is 22.7 Å². The van der Waals surface area contributed by atoms with Gasteiger partial charge < -0.3 is 25.8 Å². The lowest BCUT2D eigenvalue weighted by molar-refractivity contribution is -0.127. The third-order valence-corrected chi connectivity index (χ3v) is 6.95. The van der Waals surface area contributed by atoms with Gasteiger partial charge in [0.05, 0.1) is 18.1 Å². The number of aromatic nitrogens is 1. The number of para-hydroxylation sites is 1. The molecule has 0 aliphatic heterocycles. The van der Waals surface area contributed by atoms with E-state index in [4.69, 9.17) is 0 Å². The van der Waals surface area contributed by atoms with E-state index < -0.39 is 24.2 Å². The predicted octanol–water partition coefficient (Wildman–Crippen LogP) is 3.76. The number of aliphatic hydroxyl groups excluding tert-OH is 2. The zero-order chi connectivity index (χ0) is 24.7. The van der Waals surface area contributed by atoms with Crippen LogP contribution in [0.3, 0.4) is 0 Å². The quantitative estimate of drug-likeness (QED) is 0.343. The molecule has 1 fully saturated rings. The predicted molar refractivity (Wildman–Crippen MR) is 134 cm³/mol. The van der Waals surface area contributed by atoms with Gasteiger partial charge in [-0.3, -0.25) is 9.59 Å². The van der Waals surface area contributed by atoms with Crippen molar-refractivity contribution in [1.29, 1.82) is 0 Å². The Kier molecular flexibility index (Phi) is 9.54. The molecular weight excluding hydrogens is 430 g/mol. The number of carbonyl (C=O) groups is 2. The van der Waals surface area contributed by atoms with Crippen LogP contribution >= 0.6 is 0 Å². The van der Waals surface area contributed by atoms with Crippen LogP contribution in [0, 0.1) is 17.8 Å². The number of aliphatic hydroxyl groups is 2. The average Bonchev–Trinajstić information content (AvgIpc) is 3.26. The summed E-state index contributed by atoms with van der Waals surface area (Å²) in [5.41, 5.74) is 1.34. The highest BCUT2D eigenvalue weighted by atomic mass is 16.3. The second-order valence-corrected chi connectivity index (χ2v) is 10.4. The molecule has 2 aromatic rings. The molecule has 34 heavy (non-hydrogen) atoms. The lowest BCUT2D eigenvalue weighted by Gasteiger charge is -2.33. The van der Waals surface area contributed by atoms with Crippen LogP contribution in [-0.4, -0.2) is 51.8 Å². The largest absolute Gasteiger partial charge is 0.390 e. The minimum Gasteiger partial charge on any atom is -0.390 e. The first kappa shape index (κ1) is 26.2. The maximum Gasteiger partial charge on any atom is 0.267 e. The van der Waals surface area contributed by atoms with E-state index in [9.17, 15) is 19.8 Å². The fourth-order valence-electron chi connectivity index (χ4n) is 4.91. The minimum absolute atomic E-state index is 0.181. The molecule has 3 rings (SSSR count). The van der Waals surface area contributed by atoms with Crippen molar-refractivity contribution in [2.75, 3.05) is 6.54 Å². The van der Waals surface area contributed by atoms with E-state index >= 15 is 0 Å². The smallest absolute Gasteiger partial charge is 0.267 e. The first-order valence-electron chi connectivity index (χ1n) is 12.8. The van der Waals surface area contributed by atoms with Crippen molar-refractivity contribution < 1.29 is 19.8 Å². The van der Waals surface area contributed by atoms with Crippen LogP contribution in [0.25, 0.3) is 10.9 Å². The average molecular weight is 472 g/mol. The van der Waals surface area contributed by atoms with Gasteiger partial charge in [0.1, 0.15) is 11.8 Å². The molecule has 1 aromatic carbocycles. The van der Waals surface area contributed by atoms with Gasteiger partial charge >= 0.3 is 0 Å². The minimum atomic E-state index is -1.01. The monoisotopic (exact) mass is 471 g/mol. The van der Waals surface area contributed by atoms with Crippen molar-refractivity contribution in [1.82, 2.24) is 15.6 Å². The van der Waals surface area contributed by atoms with E-state index in [1.54, 1.807) is 13.0 Å². The first-order valence-corrected chi connectivity index (χ1v) is 12.8. The summed E-state index contributed by atoms with van der Waals surface area (Å²) in [7, 11) is 0. The highest BCUT2D eigenvalue weighted by Gasteiger charge is 2.32. The summed E-state index contributed by atoms with van der Waals surface area (Å²) < 4.78 is 0. The summed E-state index contributed by atoms with van der Waals surface area (Å²) in [6.07, 6.45) is 5.01. The number of H-pyrrole nitrogens is 1. The molecule has 7 heteroatoms. The Hall–Kier alpha value is -2.38. The molecule has 1 saturated carbocycles. The van der Waals surface area contributed by atoms with Gasteiger partial charge in [0, 0.05) is 17.4 Å². The van der Waals surface area contributed by atoms with Gasteiger partial charge in [-0.05, 0) is 36.8 Å². The van der Waals surface area contributed by atoms with Crippen LogP contribution in [0.5, 0.6) is 0 Å². The maximum absolute atomic E-state index is 13.0. The molecule has 0 saturated heterocycles. The molecule has 1 heterocycles. The Morgan fingerprint density at radius 3 is 2.47 bits per heavy atom. The number of amides is 2. The van der Waals surface area contributed by atoms with E-state index in [1.165, 1.54) is 19.3 Å². The molecule has 2 amide bonds. The Morgan fingerprint density at radius 1 is 1.09 bits per heavy atom. The summed E-state index contributed by atoms with van der Waals surface area (Å²) in [6, 6.07) is 8.96. The Morgan fingerprint density at radius 2 is 1.79 bits per heavy atom. The Balaban J connectivity index is 1.57. The number of fused-ring (bicyclic) bond motifs is 1. The first-order chi connectivity index (χ1) is 16.2. The van der Waals surface area contributed by atoms with Crippen LogP contribution in [0.2, 0.25) is 0 Å². The van der Waals surface area contributed by atoms with Gasteiger partial charge in [-0.2, -0.15) is 0 Å². The van der Waals surface area contributed by atoms with Crippen LogP contribution in [0.15, 0.2) is 30.3 Å². The van der Waals surface area contributed by atoms with E-state index in [-0.39, 0.29) is 24.3 Å². The molecule has 188 valence electrons. The maximum atomic E-state index is 13.0. The zero-order valence-electron chi connectivity index (χ0n) is 20.7.